The molecule has 2 fully saturated rings. The van der Waals surface area contributed by atoms with Crippen molar-refractivity contribution in [3.8, 4) is 0 Å². The van der Waals surface area contributed by atoms with Crippen LogP contribution in [0.1, 0.15) is 26.3 Å². The maximum absolute atomic E-state index is 13.9. The fraction of sp³-hybridized carbons (Fsp3) is 0.625. The van der Waals surface area contributed by atoms with Gasteiger partial charge in [0.2, 0.25) is 0 Å². The van der Waals surface area contributed by atoms with Crippen LogP contribution in [0.2, 0.25) is 5.15 Å². The maximum Gasteiger partial charge on any atom is 0.163 e. The number of fused-ring (bicyclic) bond motifs is 2. The van der Waals surface area contributed by atoms with E-state index in [0.717, 1.165) is 5.39 Å². The molecule has 4 rings (SSSR count). The summed E-state index contributed by atoms with van der Waals surface area (Å²) in [7, 11) is 0. The van der Waals surface area contributed by atoms with Crippen molar-refractivity contribution >= 4 is 22.6 Å². The van der Waals surface area contributed by atoms with E-state index in [4.69, 9.17) is 21.1 Å². The number of hydrogen-bond acceptors (Lipinski definition) is 5. The van der Waals surface area contributed by atoms with Gasteiger partial charge in [-0.3, -0.25) is 4.39 Å². The van der Waals surface area contributed by atoms with Crippen molar-refractivity contribution in [2.24, 2.45) is 5.41 Å². The number of aliphatic hydroxyl groups excluding tert-OH is 1. The molecule has 0 aromatic carbocycles. The second-order valence-corrected chi connectivity index (χ2v) is 7.43. The molecular weight excluding hydrogens is 337 g/mol. The fourth-order valence-electron chi connectivity index (χ4n) is 3.98. The lowest BCUT2D eigenvalue weighted by molar-refractivity contribution is -0.174. The number of alkyl halides is 1. The van der Waals surface area contributed by atoms with Gasteiger partial charge in [0.15, 0.2) is 5.79 Å². The van der Waals surface area contributed by atoms with E-state index in [9.17, 15) is 9.50 Å². The molecular formula is C16H19ClFN3O3. The Morgan fingerprint density at radius 1 is 1.42 bits per heavy atom. The first kappa shape index (κ1) is 16.2. The average molecular weight is 356 g/mol. The SMILES string of the molecule is CC1(C)O[C@H]2[C@H](n3ccc4c(Cl)ncnc43)C[C@@](CO)(CF)[C@H]2O1. The topological polar surface area (TPSA) is 69.4 Å². The summed E-state index contributed by atoms with van der Waals surface area (Å²) in [6.07, 6.45) is 2.77. The largest absolute Gasteiger partial charge is 0.396 e. The van der Waals surface area contributed by atoms with Crippen LogP contribution in [-0.4, -0.2) is 50.9 Å². The number of hydrogen-bond donors (Lipinski definition) is 1. The predicted octanol–water partition coefficient (Wildman–Crippen LogP) is 2.50. The summed E-state index contributed by atoms with van der Waals surface area (Å²) >= 11 is 6.12. The molecule has 0 unspecified atom stereocenters. The molecule has 2 aromatic rings. The zero-order valence-corrected chi connectivity index (χ0v) is 14.2. The standard InChI is InChI=1S/C16H19ClFN3O3/c1-15(2)23-11-10(5-16(6-18,7-22)12(11)24-15)21-4-3-9-13(17)19-8-20-14(9)21/h3-4,8,10-12,22H,5-7H2,1-2H3/t10-,11+,12+,16+/m1/s1. The van der Waals surface area contributed by atoms with Gasteiger partial charge in [-0.15, -0.1) is 0 Å². The van der Waals surface area contributed by atoms with Crippen molar-refractivity contribution in [1.29, 1.82) is 0 Å². The first-order valence-electron chi connectivity index (χ1n) is 7.90. The Morgan fingerprint density at radius 3 is 2.92 bits per heavy atom. The molecule has 4 atom stereocenters. The molecule has 0 bridgehead atoms. The normalized spacial score (nSPS) is 34.8. The van der Waals surface area contributed by atoms with Crippen LogP contribution in [0.5, 0.6) is 0 Å². The Morgan fingerprint density at radius 2 is 2.21 bits per heavy atom. The van der Waals surface area contributed by atoms with Gasteiger partial charge < -0.3 is 19.1 Å². The molecule has 6 nitrogen and oxygen atoms in total. The Bertz CT molecular complexity index is 777. The van der Waals surface area contributed by atoms with Gasteiger partial charge in [-0.2, -0.15) is 0 Å². The minimum atomic E-state index is -0.976. The van der Waals surface area contributed by atoms with Crippen LogP contribution in [-0.2, 0) is 9.47 Å². The van der Waals surface area contributed by atoms with Gasteiger partial charge in [-0.05, 0) is 26.3 Å². The van der Waals surface area contributed by atoms with E-state index in [1.54, 1.807) is 13.8 Å². The van der Waals surface area contributed by atoms with Crippen molar-refractivity contribution in [1.82, 2.24) is 14.5 Å². The van der Waals surface area contributed by atoms with Crippen molar-refractivity contribution in [2.45, 2.75) is 44.3 Å². The molecule has 2 aliphatic rings. The van der Waals surface area contributed by atoms with Gasteiger partial charge in [0.25, 0.3) is 0 Å². The summed E-state index contributed by atoms with van der Waals surface area (Å²) in [5, 5.41) is 11.0. The number of ether oxygens (including phenoxy) is 2. The highest BCUT2D eigenvalue weighted by Gasteiger charge is 2.62. The maximum atomic E-state index is 13.9. The third-order valence-electron chi connectivity index (χ3n) is 5.13. The summed E-state index contributed by atoms with van der Waals surface area (Å²) in [6, 6.07) is 1.63. The Labute approximate surface area is 143 Å². The van der Waals surface area contributed by atoms with E-state index in [2.05, 4.69) is 9.97 Å². The lowest BCUT2D eigenvalue weighted by Gasteiger charge is -2.30. The van der Waals surface area contributed by atoms with E-state index in [1.807, 2.05) is 16.8 Å². The molecule has 1 aliphatic carbocycles. The summed E-state index contributed by atoms with van der Waals surface area (Å²) in [5.74, 6) is -0.820. The number of nitrogens with zero attached hydrogens (tertiary/aromatic N) is 3. The lowest BCUT2D eigenvalue weighted by atomic mass is 9.86. The molecule has 0 spiro atoms. The smallest absolute Gasteiger partial charge is 0.163 e. The lowest BCUT2D eigenvalue weighted by Crippen LogP contribution is -2.40. The van der Waals surface area contributed by atoms with Gasteiger partial charge in [0, 0.05) is 6.20 Å². The number of aromatic nitrogens is 3. The van der Waals surface area contributed by atoms with Crippen LogP contribution in [0.4, 0.5) is 4.39 Å². The van der Waals surface area contributed by atoms with E-state index < -0.39 is 24.0 Å². The average Bonchev–Trinajstić information content (AvgIpc) is 3.18. The highest BCUT2D eigenvalue weighted by atomic mass is 35.5. The fourth-order valence-corrected chi connectivity index (χ4v) is 4.18. The molecule has 2 aromatic heterocycles. The number of aliphatic hydroxyl groups is 1. The molecule has 130 valence electrons. The van der Waals surface area contributed by atoms with Crippen molar-refractivity contribution < 1.29 is 19.0 Å². The third kappa shape index (κ3) is 2.19. The molecule has 1 saturated carbocycles. The van der Waals surface area contributed by atoms with Gasteiger partial charge in [0.1, 0.15) is 23.2 Å². The quantitative estimate of drug-likeness (QED) is 0.857. The van der Waals surface area contributed by atoms with Gasteiger partial charge >= 0.3 is 0 Å². The van der Waals surface area contributed by atoms with Crippen LogP contribution in [0.3, 0.4) is 0 Å². The summed E-state index contributed by atoms with van der Waals surface area (Å²) in [4.78, 5) is 8.29. The Hall–Kier alpha value is -1.28. The Kier molecular flexibility index (Phi) is 3.62. The molecule has 24 heavy (non-hydrogen) atoms. The number of rotatable bonds is 3. The zero-order chi connectivity index (χ0) is 17.1. The van der Waals surface area contributed by atoms with Crippen LogP contribution in [0.25, 0.3) is 11.0 Å². The monoisotopic (exact) mass is 355 g/mol. The first-order valence-corrected chi connectivity index (χ1v) is 8.28. The minimum Gasteiger partial charge on any atom is -0.396 e. The molecule has 3 heterocycles. The van der Waals surface area contributed by atoms with Gasteiger partial charge in [-0.25, -0.2) is 9.97 Å². The molecule has 8 heteroatoms. The van der Waals surface area contributed by atoms with E-state index in [-0.39, 0.29) is 18.8 Å². The van der Waals surface area contributed by atoms with Crippen LogP contribution in [0, 0.1) is 5.41 Å². The summed E-state index contributed by atoms with van der Waals surface area (Å²) in [6.45, 7) is 2.64. The van der Waals surface area contributed by atoms with Crippen LogP contribution in [0.15, 0.2) is 18.6 Å². The molecule has 1 aliphatic heterocycles. The zero-order valence-electron chi connectivity index (χ0n) is 13.4. The molecule has 0 radical (unpaired) electrons. The summed E-state index contributed by atoms with van der Waals surface area (Å²) in [5.41, 5.74) is -0.309. The predicted molar refractivity (Wildman–Crippen MR) is 85.5 cm³/mol. The highest BCUT2D eigenvalue weighted by molar-refractivity contribution is 6.33. The minimum absolute atomic E-state index is 0.205. The first-order chi connectivity index (χ1) is 11.4. The van der Waals surface area contributed by atoms with E-state index >= 15 is 0 Å². The van der Waals surface area contributed by atoms with Crippen molar-refractivity contribution in [2.75, 3.05) is 13.3 Å². The Balaban J connectivity index is 1.81. The summed E-state index contributed by atoms with van der Waals surface area (Å²) < 4.78 is 27.8. The highest BCUT2D eigenvalue weighted by Crippen LogP contribution is 2.54. The molecule has 1 N–H and O–H groups in total. The third-order valence-corrected chi connectivity index (χ3v) is 5.43. The van der Waals surface area contributed by atoms with Gasteiger partial charge in [-0.1, -0.05) is 11.6 Å². The van der Waals surface area contributed by atoms with Gasteiger partial charge in [0.05, 0.1) is 36.2 Å². The second kappa shape index (κ2) is 5.36. The van der Waals surface area contributed by atoms with Crippen molar-refractivity contribution in [3.05, 3.63) is 23.7 Å². The van der Waals surface area contributed by atoms with Crippen LogP contribution >= 0.6 is 11.6 Å². The number of halogens is 2. The van der Waals surface area contributed by atoms with E-state index in [0.29, 0.717) is 17.2 Å². The molecule has 0 amide bonds. The molecule has 1 saturated heterocycles. The van der Waals surface area contributed by atoms with Crippen molar-refractivity contribution in [3.63, 3.8) is 0 Å². The van der Waals surface area contributed by atoms with E-state index in [1.165, 1.54) is 6.33 Å². The second-order valence-electron chi connectivity index (χ2n) is 7.07. The van der Waals surface area contributed by atoms with Crippen LogP contribution < -0.4 is 0 Å².